The Hall–Kier alpha value is -1.63. The van der Waals surface area contributed by atoms with E-state index in [4.69, 9.17) is 9.84 Å². The summed E-state index contributed by atoms with van der Waals surface area (Å²) in [5.74, 6) is -1.86. The Kier molecular flexibility index (Phi) is 3.51. The van der Waals surface area contributed by atoms with Crippen molar-refractivity contribution in [2.24, 2.45) is 0 Å². The zero-order valence-electron chi connectivity index (χ0n) is 10.1. The van der Waals surface area contributed by atoms with Crippen LogP contribution in [0.4, 0.5) is 0 Å². The fraction of sp³-hybridized carbons (Fsp3) is 0.727. The Labute approximate surface area is 104 Å². The monoisotopic (exact) mass is 256 g/mol. The number of carbonyl (C=O) groups is 3. The highest BCUT2D eigenvalue weighted by atomic mass is 16.5. The van der Waals surface area contributed by atoms with E-state index in [-0.39, 0.29) is 25.1 Å². The third kappa shape index (κ3) is 2.45. The number of carbonyl (C=O) groups excluding carboxylic acids is 2. The van der Waals surface area contributed by atoms with Gasteiger partial charge in [0.25, 0.3) is 5.91 Å². The van der Waals surface area contributed by atoms with E-state index in [9.17, 15) is 14.4 Å². The van der Waals surface area contributed by atoms with Crippen LogP contribution in [0.2, 0.25) is 0 Å². The number of rotatable bonds is 2. The van der Waals surface area contributed by atoms with E-state index < -0.39 is 24.0 Å². The summed E-state index contributed by atoms with van der Waals surface area (Å²) in [6.45, 7) is 1.59. The summed E-state index contributed by atoms with van der Waals surface area (Å²) < 4.78 is 5.42. The lowest BCUT2D eigenvalue weighted by Crippen LogP contribution is -2.61. The summed E-state index contributed by atoms with van der Waals surface area (Å²) in [6, 6.07) is -1.00. The molecule has 2 aliphatic heterocycles. The Bertz CT molecular complexity index is 384. The zero-order chi connectivity index (χ0) is 13.3. The van der Waals surface area contributed by atoms with Gasteiger partial charge in [0.1, 0.15) is 18.7 Å². The molecule has 2 aliphatic rings. The topological polar surface area (TPSA) is 95.9 Å². The fourth-order valence-corrected chi connectivity index (χ4v) is 2.26. The summed E-state index contributed by atoms with van der Waals surface area (Å²) in [7, 11) is 0. The number of carboxylic acid groups (broad SMARTS) is 1. The maximum absolute atomic E-state index is 12.2. The zero-order valence-corrected chi connectivity index (χ0v) is 10.1. The standard InChI is InChI=1S/C11H16N2O5/c1-6-2-3-8(18-6)10(15)13-5-9(14)12-4-7(13)11(16)17/h6-8H,2-5H2,1H3,(H,12,14)(H,16,17). The molecule has 2 fully saturated rings. The predicted octanol–water partition coefficient (Wildman–Crippen LogP) is -1.03. The third-order valence-electron chi connectivity index (χ3n) is 3.26. The minimum absolute atomic E-state index is 0.000783. The summed E-state index contributed by atoms with van der Waals surface area (Å²) >= 11 is 0. The van der Waals surface area contributed by atoms with Gasteiger partial charge in [-0.25, -0.2) is 4.79 Å². The molecular formula is C11H16N2O5. The quantitative estimate of drug-likeness (QED) is 0.658. The van der Waals surface area contributed by atoms with E-state index in [1.807, 2.05) is 6.92 Å². The molecule has 0 aromatic carbocycles. The number of piperazine rings is 1. The first-order valence-corrected chi connectivity index (χ1v) is 5.94. The van der Waals surface area contributed by atoms with Crippen molar-refractivity contribution in [2.75, 3.05) is 13.1 Å². The molecule has 2 saturated heterocycles. The van der Waals surface area contributed by atoms with Gasteiger partial charge in [-0.3, -0.25) is 9.59 Å². The van der Waals surface area contributed by atoms with Gasteiger partial charge in [-0.15, -0.1) is 0 Å². The van der Waals surface area contributed by atoms with E-state index >= 15 is 0 Å². The largest absolute Gasteiger partial charge is 0.480 e. The van der Waals surface area contributed by atoms with Gasteiger partial charge in [-0.05, 0) is 19.8 Å². The minimum Gasteiger partial charge on any atom is -0.480 e. The van der Waals surface area contributed by atoms with Crippen LogP contribution >= 0.6 is 0 Å². The van der Waals surface area contributed by atoms with Crippen LogP contribution in [0, 0.1) is 0 Å². The normalized spacial score (nSPS) is 32.2. The van der Waals surface area contributed by atoms with E-state index in [0.717, 1.165) is 11.3 Å². The molecule has 0 radical (unpaired) electrons. The molecule has 0 spiro atoms. The van der Waals surface area contributed by atoms with Crippen LogP contribution in [0.3, 0.4) is 0 Å². The molecule has 0 saturated carbocycles. The van der Waals surface area contributed by atoms with Crippen molar-refractivity contribution in [2.45, 2.75) is 38.0 Å². The molecule has 2 rings (SSSR count). The molecule has 2 amide bonds. The van der Waals surface area contributed by atoms with E-state index in [0.29, 0.717) is 6.42 Å². The number of nitrogens with zero attached hydrogens (tertiary/aromatic N) is 1. The van der Waals surface area contributed by atoms with Crippen LogP contribution in [0.15, 0.2) is 0 Å². The van der Waals surface area contributed by atoms with Gasteiger partial charge in [-0.2, -0.15) is 0 Å². The van der Waals surface area contributed by atoms with Crippen molar-refractivity contribution in [3.63, 3.8) is 0 Å². The summed E-state index contributed by atoms with van der Waals surface area (Å²) in [6.07, 6.45) is 0.729. The Morgan fingerprint density at radius 1 is 1.44 bits per heavy atom. The molecule has 100 valence electrons. The molecule has 18 heavy (non-hydrogen) atoms. The number of nitrogens with one attached hydrogen (secondary N) is 1. The van der Waals surface area contributed by atoms with Crippen LogP contribution in [0.1, 0.15) is 19.8 Å². The predicted molar refractivity (Wildman–Crippen MR) is 59.7 cm³/mol. The van der Waals surface area contributed by atoms with Crippen LogP contribution in [0.5, 0.6) is 0 Å². The maximum Gasteiger partial charge on any atom is 0.328 e. The van der Waals surface area contributed by atoms with Crippen LogP contribution in [-0.4, -0.2) is 59.1 Å². The second-order valence-corrected chi connectivity index (χ2v) is 4.64. The number of carboxylic acids is 1. The lowest BCUT2D eigenvalue weighted by atomic mass is 10.1. The second kappa shape index (κ2) is 4.93. The molecule has 7 heteroatoms. The molecule has 0 aliphatic carbocycles. The van der Waals surface area contributed by atoms with Gasteiger partial charge in [-0.1, -0.05) is 0 Å². The van der Waals surface area contributed by atoms with Gasteiger partial charge < -0.3 is 20.1 Å². The first-order valence-electron chi connectivity index (χ1n) is 5.94. The van der Waals surface area contributed by atoms with Crippen molar-refractivity contribution >= 4 is 17.8 Å². The van der Waals surface area contributed by atoms with Crippen molar-refractivity contribution in [3.05, 3.63) is 0 Å². The van der Waals surface area contributed by atoms with Gasteiger partial charge in [0.05, 0.1) is 6.10 Å². The Morgan fingerprint density at radius 3 is 2.72 bits per heavy atom. The smallest absolute Gasteiger partial charge is 0.328 e. The maximum atomic E-state index is 12.2. The number of hydrogen-bond donors (Lipinski definition) is 2. The molecule has 3 atom stereocenters. The number of aliphatic carboxylic acids is 1. The summed E-state index contributed by atoms with van der Waals surface area (Å²) in [5.41, 5.74) is 0. The number of hydrogen-bond acceptors (Lipinski definition) is 4. The highest BCUT2D eigenvalue weighted by molar-refractivity contribution is 5.92. The minimum atomic E-state index is -1.12. The number of ether oxygens (including phenoxy) is 1. The molecular weight excluding hydrogens is 240 g/mol. The van der Waals surface area contributed by atoms with Crippen molar-refractivity contribution in [3.8, 4) is 0 Å². The Balaban J connectivity index is 2.09. The van der Waals surface area contributed by atoms with Crippen LogP contribution in [0.25, 0.3) is 0 Å². The molecule has 2 N–H and O–H groups in total. The molecule has 2 heterocycles. The fourth-order valence-electron chi connectivity index (χ4n) is 2.26. The summed E-state index contributed by atoms with van der Waals surface area (Å²) in [5, 5.41) is 11.5. The van der Waals surface area contributed by atoms with Gasteiger partial charge >= 0.3 is 5.97 Å². The first-order chi connectivity index (χ1) is 8.49. The summed E-state index contributed by atoms with van der Waals surface area (Å²) in [4.78, 5) is 35.6. The van der Waals surface area contributed by atoms with Crippen LogP contribution in [-0.2, 0) is 19.1 Å². The van der Waals surface area contributed by atoms with Crippen molar-refractivity contribution in [1.82, 2.24) is 10.2 Å². The Morgan fingerprint density at radius 2 is 2.17 bits per heavy atom. The lowest BCUT2D eigenvalue weighted by molar-refractivity contribution is -0.159. The average Bonchev–Trinajstić information content (AvgIpc) is 2.74. The first kappa shape index (κ1) is 12.8. The van der Waals surface area contributed by atoms with Gasteiger partial charge in [0, 0.05) is 6.54 Å². The molecule has 0 bridgehead atoms. The van der Waals surface area contributed by atoms with Gasteiger partial charge in [0.2, 0.25) is 5.91 Å². The molecule has 3 unspecified atom stereocenters. The highest BCUT2D eigenvalue weighted by Gasteiger charge is 2.40. The highest BCUT2D eigenvalue weighted by Crippen LogP contribution is 2.22. The van der Waals surface area contributed by atoms with E-state index in [1.165, 1.54) is 0 Å². The molecule has 0 aromatic rings. The number of amides is 2. The molecule has 0 aromatic heterocycles. The van der Waals surface area contributed by atoms with E-state index in [2.05, 4.69) is 5.32 Å². The van der Waals surface area contributed by atoms with Crippen molar-refractivity contribution < 1.29 is 24.2 Å². The SMILES string of the molecule is CC1CCC(C(=O)N2CC(=O)NCC2C(=O)O)O1. The third-order valence-corrected chi connectivity index (χ3v) is 3.26. The molecule has 7 nitrogen and oxygen atoms in total. The van der Waals surface area contributed by atoms with E-state index in [1.54, 1.807) is 0 Å². The van der Waals surface area contributed by atoms with Gasteiger partial charge in [0.15, 0.2) is 0 Å². The van der Waals surface area contributed by atoms with Crippen LogP contribution < -0.4 is 5.32 Å². The second-order valence-electron chi connectivity index (χ2n) is 4.64. The average molecular weight is 256 g/mol. The van der Waals surface area contributed by atoms with Crippen molar-refractivity contribution in [1.29, 1.82) is 0 Å². The lowest BCUT2D eigenvalue weighted by Gasteiger charge is -2.34.